The van der Waals surface area contributed by atoms with Gasteiger partial charge in [-0.2, -0.15) is 0 Å². The quantitative estimate of drug-likeness (QED) is 0.446. The topological polar surface area (TPSA) is 90.0 Å². The molecule has 0 bridgehead atoms. The monoisotopic (exact) mass is 371 g/mol. The first-order chi connectivity index (χ1) is 12.9. The molecule has 1 aliphatic carbocycles. The van der Waals surface area contributed by atoms with Crippen LogP contribution >= 0.6 is 0 Å². The molecule has 3 atom stereocenters. The van der Waals surface area contributed by atoms with Crippen LogP contribution in [0.1, 0.15) is 35.7 Å². The van der Waals surface area contributed by atoms with Gasteiger partial charge >= 0.3 is 11.9 Å². The number of imide groups is 1. The van der Waals surface area contributed by atoms with Crippen LogP contribution in [0, 0.1) is 11.8 Å². The molecule has 2 aliphatic rings. The van der Waals surface area contributed by atoms with E-state index >= 15 is 0 Å². The molecule has 27 heavy (non-hydrogen) atoms. The normalized spacial score (nSPS) is 22.4. The highest BCUT2D eigenvalue weighted by atomic mass is 16.5. The molecule has 0 N–H and O–H groups in total. The van der Waals surface area contributed by atoms with Gasteiger partial charge in [0.2, 0.25) is 11.8 Å². The molecule has 0 saturated carbocycles. The second-order valence-electron chi connectivity index (χ2n) is 6.68. The SMILES string of the molecule is COC(=O)c1cccc(COC(=O)[C@H](C)N2C(=O)[C@H]3CC=CC[C@H]3C2=O)c1. The Bertz CT molecular complexity index is 788. The minimum absolute atomic E-state index is 0.0708. The summed E-state index contributed by atoms with van der Waals surface area (Å²) in [4.78, 5) is 50.1. The molecular formula is C20H21NO6. The van der Waals surface area contributed by atoms with Crippen LogP contribution in [-0.2, 0) is 30.5 Å². The van der Waals surface area contributed by atoms with E-state index in [-0.39, 0.29) is 30.3 Å². The lowest BCUT2D eigenvalue weighted by Gasteiger charge is -2.21. The van der Waals surface area contributed by atoms with Gasteiger partial charge < -0.3 is 9.47 Å². The van der Waals surface area contributed by atoms with Crippen molar-refractivity contribution < 1.29 is 28.7 Å². The Hall–Kier alpha value is -2.96. The molecule has 7 heteroatoms. The number of ether oxygens (including phenoxy) is 2. The number of hydrogen-bond acceptors (Lipinski definition) is 6. The van der Waals surface area contributed by atoms with Crippen LogP contribution in [0.15, 0.2) is 36.4 Å². The highest BCUT2D eigenvalue weighted by Crippen LogP contribution is 2.36. The average molecular weight is 371 g/mol. The van der Waals surface area contributed by atoms with E-state index in [0.717, 1.165) is 4.90 Å². The summed E-state index contributed by atoms with van der Waals surface area (Å²) in [5.41, 5.74) is 0.955. The number of carbonyl (C=O) groups excluding carboxylic acids is 4. The third-order valence-electron chi connectivity index (χ3n) is 5.00. The number of nitrogens with zero attached hydrogens (tertiary/aromatic N) is 1. The summed E-state index contributed by atoms with van der Waals surface area (Å²) in [5.74, 6) is -2.53. The Kier molecular flexibility index (Phi) is 5.39. The number of hydrogen-bond donors (Lipinski definition) is 0. The van der Waals surface area contributed by atoms with Gasteiger partial charge in [-0.15, -0.1) is 0 Å². The van der Waals surface area contributed by atoms with Gasteiger partial charge in [-0.05, 0) is 37.5 Å². The Labute approximate surface area is 156 Å². The number of fused-ring (bicyclic) bond motifs is 1. The molecule has 1 fully saturated rings. The van der Waals surface area contributed by atoms with Gasteiger partial charge in [-0.25, -0.2) is 9.59 Å². The van der Waals surface area contributed by atoms with Gasteiger partial charge in [-0.1, -0.05) is 24.3 Å². The fourth-order valence-corrected chi connectivity index (χ4v) is 3.49. The first-order valence-corrected chi connectivity index (χ1v) is 8.80. The molecule has 2 amide bonds. The van der Waals surface area contributed by atoms with Crippen LogP contribution in [0.3, 0.4) is 0 Å². The van der Waals surface area contributed by atoms with Crippen molar-refractivity contribution in [1.82, 2.24) is 4.90 Å². The summed E-state index contributed by atoms with van der Waals surface area (Å²) in [5, 5.41) is 0. The molecule has 0 spiro atoms. The number of esters is 2. The van der Waals surface area contributed by atoms with Gasteiger partial charge in [0.1, 0.15) is 12.6 Å². The Balaban J connectivity index is 1.64. The summed E-state index contributed by atoms with van der Waals surface area (Å²) < 4.78 is 9.93. The Morgan fingerprint density at radius 1 is 1.15 bits per heavy atom. The van der Waals surface area contributed by atoms with E-state index in [1.165, 1.54) is 14.0 Å². The molecule has 0 unspecified atom stereocenters. The van der Waals surface area contributed by atoms with Crippen molar-refractivity contribution in [2.24, 2.45) is 11.8 Å². The number of allylic oxidation sites excluding steroid dienone is 2. The smallest absolute Gasteiger partial charge is 0.337 e. The van der Waals surface area contributed by atoms with Gasteiger partial charge in [0.15, 0.2) is 0 Å². The van der Waals surface area contributed by atoms with Crippen molar-refractivity contribution in [2.75, 3.05) is 7.11 Å². The molecule has 1 aromatic carbocycles. The summed E-state index contributed by atoms with van der Waals surface area (Å²) >= 11 is 0. The minimum atomic E-state index is -0.987. The Morgan fingerprint density at radius 3 is 2.37 bits per heavy atom. The molecule has 0 aromatic heterocycles. The number of rotatable bonds is 5. The number of amides is 2. The fourth-order valence-electron chi connectivity index (χ4n) is 3.49. The van der Waals surface area contributed by atoms with E-state index in [9.17, 15) is 19.2 Å². The average Bonchev–Trinajstić information content (AvgIpc) is 2.96. The van der Waals surface area contributed by atoms with Crippen molar-refractivity contribution >= 4 is 23.8 Å². The number of likely N-dealkylation sites (tertiary alicyclic amines) is 1. The maximum atomic E-state index is 12.5. The number of carbonyl (C=O) groups is 4. The van der Waals surface area contributed by atoms with Crippen LogP contribution in [0.4, 0.5) is 0 Å². The Morgan fingerprint density at radius 2 is 1.78 bits per heavy atom. The highest BCUT2D eigenvalue weighted by Gasteiger charge is 2.50. The van der Waals surface area contributed by atoms with Crippen molar-refractivity contribution in [3.8, 4) is 0 Å². The van der Waals surface area contributed by atoms with Crippen LogP contribution in [0.25, 0.3) is 0 Å². The van der Waals surface area contributed by atoms with E-state index in [1.54, 1.807) is 24.3 Å². The van der Waals surface area contributed by atoms with Gasteiger partial charge in [-0.3, -0.25) is 14.5 Å². The van der Waals surface area contributed by atoms with Crippen molar-refractivity contribution in [1.29, 1.82) is 0 Å². The van der Waals surface area contributed by atoms with Gasteiger partial charge in [0.05, 0.1) is 24.5 Å². The van der Waals surface area contributed by atoms with Crippen LogP contribution in [0.5, 0.6) is 0 Å². The summed E-state index contributed by atoms with van der Waals surface area (Å²) in [6.07, 6.45) is 4.84. The van der Waals surface area contributed by atoms with Crippen molar-refractivity contribution in [2.45, 2.75) is 32.4 Å². The standard InChI is InChI=1S/C20H21NO6/c1-12(21-17(22)15-8-3-4-9-16(15)18(21)23)19(24)27-11-13-6-5-7-14(10-13)20(25)26-2/h3-7,10,12,15-16H,8-9,11H2,1-2H3/t12-,15-,16+/m0/s1. The number of methoxy groups -OCH3 is 1. The molecule has 3 rings (SSSR count). The van der Waals surface area contributed by atoms with Gasteiger partial charge in [0, 0.05) is 0 Å². The molecule has 1 aromatic rings. The molecule has 1 heterocycles. The zero-order valence-electron chi connectivity index (χ0n) is 15.2. The fraction of sp³-hybridized carbons (Fsp3) is 0.400. The maximum absolute atomic E-state index is 12.5. The molecule has 1 saturated heterocycles. The largest absolute Gasteiger partial charge is 0.465 e. The highest BCUT2D eigenvalue weighted by molar-refractivity contribution is 6.08. The lowest BCUT2D eigenvalue weighted by atomic mass is 9.85. The van der Waals surface area contributed by atoms with Crippen molar-refractivity contribution in [3.63, 3.8) is 0 Å². The van der Waals surface area contributed by atoms with Crippen LogP contribution in [-0.4, -0.2) is 41.8 Å². The number of benzene rings is 1. The summed E-state index contributed by atoms with van der Waals surface area (Å²) in [6.45, 7) is 1.42. The molecule has 0 radical (unpaired) electrons. The third-order valence-corrected chi connectivity index (χ3v) is 5.00. The maximum Gasteiger partial charge on any atom is 0.337 e. The van der Waals surface area contributed by atoms with E-state index in [1.807, 2.05) is 12.2 Å². The van der Waals surface area contributed by atoms with E-state index in [4.69, 9.17) is 4.74 Å². The first-order valence-electron chi connectivity index (χ1n) is 8.80. The van der Waals surface area contributed by atoms with E-state index in [2.05, 4.69) is 4.74 Å². The summed E-state index contributed by atoms with van der Waals surface area (Å²) in [6, 6.07) is 5.54. The van der Waals surface area contributed by atoms with Crippen LogP contribution < -0.4 is 0 Å². The lowest BCUT2D eigenvalue weighted by molar-refractivity contribution is -0.159. The van der Waals surface area contributed by atoms with Crippen LogP contribution in [0.2, 0.25) is 0 Å². The van der Waals surface area contributed by atoms with E-state index in [0.29, 0.717) is 24.0 Å². The minimum Gasteiger partial charge on any atom is -0.465 e. The second kappa shape index (κ2) is 7.73. The zero-order valence-corrected chi connectivity index (χ0v) is 15.2. The van der Waals surface area contributed by atoms with Crippen molar-refractivity contribution in [3.05, 3.63) is 47.5 Å². The van der Waals surface area contributed by atoms with Gasteiger partial charge in [0.25, 0.3) is 0 Å². The lowest BCUT2D eigenvalue weighted by Crippen LogP contribution is -2.44. The molecule has 142 valence electrons. The predicted octanol–water partition coefficient (Wildman–Crippen LogP) is 1.86. The summed E-state index contributed by atoms with van der Waals surface area (Å²) in [7, 11) is 1.29. The molecule has 1 aliphatic heterocycles. The second-order valence-corrected chi connectivity index (χ2v) is 6.68. The first kappa shape index (κ1) is 18.8. The molecule has 7 nitrogen and oxygen atoms in total. The predicted molar refractivity (Wildman–Crippen MR) is 94.2 cm³/mol. The van der Waals surface area contributed by atoms with E-state index < -0.39 is 18.0 Å². The third kappa shape index (κ3) is 3.63. The molecular weight excluding hydrogens is 350 g/mol. The zero-order chi connectivity index (χ0) is 19.6.